The standard InChI is InChI=1S/C38H64N2O4/c1-24(2)40-20-25(21-40)39-16-17-42-33(22-39)44-32-12-13-38-23-37(38)15-14-36(7)28-9-8-26(19-34(3,4)41)43-30(28)18-29(36)27(37)10-11-31(38)35(32,5)6/h24-33,41H,8-23H2,1-7H3/t26?,27?,28?,29?,30?,31?,32-,33?,36+,37-,38+/m0/s1. The van der Waals surface area contributed by atoms with Crippen molar-refractivity contribution >= 4 is 0 Å². The molecule has 0 radical (unpaired) electrons. The fourth-order valence-electron chi connectivity index (χ4n) is 13.6. The number of rotatable bonds is 6. The summed E-state index contributed by atoms with van der Waals surface area (Å²) < 4.78 is 20.1. The Morgan fingerprint density at radius 3 is 2.43 bits per heavy atom. The highest BCUT2D eigenvalue weighted by atomic mass is 16.7. The van der Waals surface area contributed by atoms with E-state index in [2.05, 4.69) is 44.4 Å². The van der Waals surface area contributed by atoms with Gasteiger partial charge in [-0.3, -0.25) is 9.80 Å². The predicted molar refractivity (Wildman–Crippen MR) is 173 cm³/mol. The first kappa shape index (κ1) is 31.1. The Morgan fingerprint density at radius 1 is 0.909 bits per heavy atom. The largest absolute Gasteiger partial charge is 0.390 e. The number of likely N-dealkylation sites (tertiary alicyclic amines) is 1. The number of fused-ring (bicyclic) bond motifs is 4. The van der Waals surface area contributed by atoms with Gasteiger partial charge in [0.1, 0.15) is 0 Å². The van der Waals surface area contributed by atoms with E-state index in [0.29, 0.717) is 40.5 Å². The number of hydrogen-bond donors (Lipinski definition) is 1. The van der Waals surface area contributed by atoms with Crippen molar-refractivity contribution in [3.05, 3.63) is 0 Å². The molecule has 0 amide bonds. The second kappa shape index (κ2) is 10.4. The van der Waals surface area contributed by atoms with E-state index in [-0.39, 0.29) is 17.8 Å². The van der Waals surface area contributed by atoms with Crippen molar-refractivity contribution in [3.8, 4) is 0 Å². The van der Waals surface area contributed by atoms with Crippen LogP contribution in [-0.4, -0.2) is 90.0 Å². The van der Waals surface area contributed by atoms with Crippen LogP contribution in [0.1, 0.15) is 119 Å². The second-order valence-electron chi connectivity index (χ2n) is 19.1. The number of hydrogen-bond acceptors (Lipinski definition) is 6. The third-order valence-electron chi connectivity index (χ3n) is 15.9. The van der Waals surface area contributed by atoms with Crippen molar-refractivity contribution in [2.24, 2.45) is 45.3 Å². The maximum Gasteiger partial charge on any atom is 0.170 e. The molecule has 0 aromatic rings. The molecule has 6 nitrogen and oxygen atoms in total. The molecule has 11 atom stereocenters. The van der Waals surface area contributed by atoms with Gasteiger partial charge in [-0.25, -0.2) is 0 Å². The molecule has 0 bridgehead atoms. The van der Waals surface area contributed by atoms with E-state index in [4.69, 9.17) is 14.2 Å². The zero-order valence-electron chi connectivity index (χ0n) is 29.2. The molecule has 44 heavy (non-hydrogen) atoms. The highest BCUT2D eigenvalue weighted by Crippen LogP contribution is 2.87. The van der Waals surface area contributed by atoms with E-state index < -0.39 is 5.60 Å². The van der Waals surface area contributed by atoms with E-state index in [9.17, 15) is 5.11 Å². The van der Waals surface area contributed by atoms with E-state index >= 15 is 0 Å². The van der Waals surface area contributed by atoms with Gasteiger partial charge in [0.2, 0.25) is 0 Å². The molecule has 7 unspecified atom stereocenters. The van der Waals surface area contributed by atoms with E-state index in [1.807, 2.05) is 13.8 Å². The van der Waals surface area contributed by atoms with Gasteiger partial charge in [0.05, 0.1) is 30.5 Å². The van der Waals surface area contributed by atoms with Crippen molar-refractivity contribution in [2.75, 3.05) is 32.8 Å². The van der Waals surface area contributed by atoms with Crippen LogP contribution in [0.5, 0.6) is 0 Å². The van der Waals surface area contributed by atoms with Gasteiger partial charge >= 0.3 is 0 Å². The van der Waals surface area contributed by atoms with Crippen molar-refractivity contribution in [3.63, 3.8) is 0 Å². The number of morpholine rings is 1. The lowest BCUT2D eigenvalue weighted by Crippen LogP contribution is -2.64. The van der Waals surface area contributed by atoms with Crippen molar-refractivity contribution in [2.45, 2.75) is 161 Å². The van der Waals surface area contributed by atoms with Gasteiger partial charge < -0.3 is 19.3 Å². The summed E-state index contributed by atoms with van der Waals surface area (Å²) in [7, 11) is 0. The zero-order valence-corrected chi connectivity index (χ0v) is 29.2. The minimum absolute atomic E-state index is 0.0721. The van der Waals surface area contributed by atoms with Crippen LogP contribution >= 0.6 is 0 Å². The first-order chi connectivity index (χ1) is 20.8. The summed E-state index contributed by atoms with van der Waals surface area (Å²) in [6, 6.07) is 1.32. The van der Waals surface area contributed by atoms with E-state index in [1.165, 1.54) is 70.9 Å². The van der Waals surface area contributed by atoms with Crippen LogP contribution in [0.2, 0.25) is 0 Å². The first-order valence-electron chi connectivity index (χ1n) is 18.9. The van der Waals surface area contributed by atoms with Gasteiger partial charge in [0.25, 0.3) is 0 Å². The molecular formula is C38H64N2O4. The van der Waals surface area contributed by atoms with Crippen molar-refractivity contribution in [1.82, 2.24) is 9.80 Å². The van der Waals surface area contributed by atoms with Gasteiger partial charge in [0, 0.05) is 44.7 Å². The molecule has 5 aliphatic carbocycles. The normalized spacial score (nSPS) is 50.7. The molecule has 6 heteroatoms. The molecule has 3 saturated heterocycles. The Labute approximate surface area is 268 Å². The van der Waals surface area contributed by atoms with Crippen LogP contribution in [0.4, 0.5) is 0 Å². The van der Waals surface area contributed by atoms with Gasteiger partial charge in [-0.1, -0.05) is 20.8 Å². The molecule has 2 spiro atoms. The Bertz CT molecular complexity index is 1100. The lowest BCUT2D eigenvalue weighted by Gasteiger charge is -2.60. The average molecular weight is 613 g/mol. The lowest BCUT2D eigenvalue weighted by molar-refractivity contribution is -0.250. The van der Waals surface area contributed by atoms with Gasteiger partial charge in [0.15, 0.2) is 6.29 Å². The quantitative estimate of drug-likeness (QED) is 0.370. The second-order valence-corrected chi connectivity index (χ2v) is 19.1. The highest BCUT2D eigenvalue weighted by Gasteiger charge is 2.80. The molecule has 5 saturated carbocycles. The summed E-state index contributed by atoms with van der Waals surface area (Å²) in [6.07, 6.45) is 15.1. The van der Waals surface area contributed by atoms with Crippen LogP contribution in [-0.2, 0) is 14.2 Å². The summed E-state index contributed by atoms with van der Waals surface area (Å²) >= 11 is 0. The summed E-state index contributed by atoms with van der Waals surface area (Å²) in [5, 5.41) is 10.5. The molecule has 3 aliphatic heterocycles. The Kier molecular flexibility index (Phi) is 7.33. The van der Waals surface area contributed by atoms with Crippen LogP contribution in [0.15, 0.2) is 0 Å². The number of ether oxygens (including phenoxy) is 3. The highest BCUT2D eigenvalue weighted by molar-refractivity contribution is 5.29. The fourth-order valence-corrected chi connectivity index (χ4v) is 13.6. The Morgan fingerprint density at radius 2 is 1.68 bits per heavy atom. The molecule has 250 valence electrons. The molecule has 1 N–H and O–H groups in total. The Hall–Kier alpha value is -0.240. The Balaban J connectivity index is 0.936. The maximum absolute atomic E-state index is 10.5. The van der Waals surface area contributed by atoms with Gasteiger partial charge in [-0.05, 0) is 137 Å². The predicted octanol–water partition coefficient (Wildman–Crippen LogP) is 6.49. The monoisotopic (exact) mass is 612 g/mol. The van der Waals surface area contributed by atoms with Crippen LogP contribution in [0, 0.1) is 45.3 Å². The van der Waals surface area contributed by atoms with Crippen LogP contribution in [0.25, 0.3) is 0 Å². The molecule has 3 heterocycles. The summed E-state index contributed by atoms with van der Waals surface area (Å²) in [5.41, 5.74) is 1.13. The van der Waals surface area contributed by atoms with E-state index in [0.717, 1.165) is 56.2 Å². The first-order valence-corrected chi connectivity index (χ1v) is 18.9. The average Bonchev–Trinajstić information content (AvgIpc) is 3.49. The maximum atomic E-state index is 10.5. The smallest absolute Gasteiger partial charge is 0.170 e. The molecule has 0 aromatic heterocycles. The molecule has 8 fully saturated rings. The summed E-state index contributed by atoms with van der Waals surface area (Å²) in [5.74, 6) is 3.20. The van der Waals surface area contributed by atoms with E-state index in [1.54, 1.807) is 0 Å². The van der Waals surface area contributed by atoms with Crippen LogP contribution in [0.3, 0.4) is 0 Å². The minimum Gasteiger partial charge on any atom is -0.390 e. The lowest BCUT2D eigenvalue weighted by atomic mass is 9.46. The zero-order chi connectivity index (χ0) is 30.9. The summed E-state index contributed by atoms with van der Waals surface area (Å²) in [4.78, 5) is 5.23. The fraction of sp³-hybridized carbons (Fsp3) is 1.00. The van der Waals surface area contributed by atoms with Gasteiger partial charge in [-0.2, -0.15) is 0 Å². The molecule has 8 aliphatic rings. The van der Waals surface area contributed by atoms with Crippen molar-refractivity contribution in [1.29, 1.82) is 0 Å². The summed E-state index contributed by atoms with van der Waals surface area (Å²) in [6.45, 7) is 21.5. The molecule has 8 rings (SSSR count). The SMILES string of the molecule is CC(C)N1CC(N2CCOC(O[C@H]3CC[C@]45C[C@]46CC[C@]4(C)C7CCC(CC(C)(C)O)OC7CC4C6CCC5C3(C)C)C2)C1. The number of aliphatic hydroxyl groups is 1. The molecular weight excluding hydrogens is 548 g/mol. The molecule has 0 aromatic carbocycles. The third-order valence-corrected chi connectivity index (χ3v) is 15.9. The minimum atomic E-state index is -0.639. The topological polar surface area (TPSA) is 54.4 Å². The number of nitrogens with zero attached hydrogens (tertiary/aromatic N) is 2. The van der Waals surface area contributed by atoms with Gasteiger partial charge in [-0.15, -0.1) is 0 Å². The third kappa shape index (κ3) is 4.60. The van der Waals surface area contributed by atoms with Crippen molar-refractivity contribution < 1.29 is 19.3 Å². The van der Waals surface area contributed by atoms with Crippen LogP contribution < -0.4 is 0 Å².